The van der Waals surface area contributed by atoms with Crippen molar-refractivity contribution >= 4 is 39.4 Å². The number of rotatable bonds is 10. The highest BCUT2D eigenvalue weighted by molar-refractivity contribution is 7.18. The van der Waals surface area contributed by atoms with Gasteiger partial charge in [-0.2, -0.15) is 4.98 Å². The Hall–Kier alpha value is -3.99. The highest BCUT2D eigenvalue weighted by Gasteiger charge is 2.25. The van der Waals surface area contributed by atoms with Gasteiger partial charge in [0, 0.05) is 26.2 Å². The van der Waals surface area contributed by atoms with Gasteiger partial charge in [0.2, 0.25) is 5.95 Å². The van der Waals surface area contributed by atoms with Crippen LogP contribution in [0.1, 0.15) is 23.4 Å². The number of fused-ring (bicyclic) bond motifs is 1. The number of ether oxygens (including phenoxy) is 2. The number of amides is 1. The number of aromatic nitrogens is 3. The van der Waals surface area contributed by atoms with E-state index in [0.29, 0.717) is 37.7 Å². The Morgan fingerprint density at radius 3 is 2.36 bits per heavy atom. The van der Waals surface area contributed by atoms with Crippen LogP contribution in [0.15, 0.2) is 48.5 Å². The zero-order valence-corrected chi connectivity index (χ0v) is 22.6. The molecule has 11 heteroatoms. The summed E-state index contributed by atoms with van der Waals surface area (Å²) in [7, 11) is 1.60. The van der Waals surface area contributed by atoms with Gasteiger partial charge in [0.1, 0.15) is 22.8 Å². The largest absolute Gasteiger partial charge is 0.497 e. The van der Waals surface area contributed by atoms with Gasteiger partial charge in [-0.25, -0.2) is 14.4 Å². The topological polar surface area (TPSA) is 107 Å². The van der Waals surface area contributed by atoms with E-state index in [2.05, 4.69) is 14.9 Å². The molecule has 1 aliphatic rings. The maximum absolute atomic E-state index is 13.1. The van der Waals surface area contributed by atoms with Crippen molar-refractivity contribution in [3.05, 3.63) is 64.9 Å². The molecule has 0 bridgehead atoms. The van der Waals surface area contributed by atoms with Crippen molar-refractivity contribution in [3.8, 4) is 11.5 Å². The predicted molar refractivity (Wildman–Crippen MR) is 150 cm³/mol. The number of piperazine rings is 1. The summed E-state index contributed by atoms with van der Waals surface area (Å²) >= 11 is 1.54. The molecular weight excluding hydrogens is 519 g/mol. The Kier molecular flexibility index (Phi) is 8.36. The van der Waals surface area contributed by atoms with Crippen molar-refractivity contribution in [1.82, 2.24) is 19.9 Å². The number of carbonyl (C=O) groups excluding carboxylic acids is 1. The number of hydrogen-bond acceptors (Lipinski definition) is 9. The minimum atomic E-state index is -0.212. The second-order valence-electron chi connectivity index (χ2n) is 9.33. The van der Waals surface area contributed by atoms with Crippen LogP contribution in [0.5, 0.6) is 11.5 Å². The van der Waals surface area contributed by atoms with Crippen LogP contribution in [0.3, 0.4) is 0 Å². The first-order valence-corrected chi connectivity index (χ1v) is 13.8. The van der Waals surface area contributed by atoms with Crippen LogP contribution in [0.25, 0.3) is 10.3 Å². The zero-order chi connectivity index (χ0) is 27.2. The number of methoxy groups -OCH3 is 1. The molecule has 1 fully saturated rings. The summed E-state index contributed by atoms with van der Waals surface area (Å²) in [5.41, 5.74) is 7.93. The molecular formula is C28H31FN6O3S. The molecule has 0 unspecified atom stereocenters. The fourth-order valence-electron chi connectivity index (χ4n) is 4.53. The minimum Gasteiger partial charge on any atom is -0.497 e. The van der Waals surface area contributed by atoms with Crippen LogP contribution in [-0.2, 0) is 17.6 Å². The molecule has 204 valence electrons. The first-order valence-electron chi connectivity index (χ1n) is 13.0. The average Bonchev–Trinajstić information content (AvgIpc) is 3.37. The first kappa shape index (κ1) is 26.6. The van der Waals surface area contributed by atoms with Crippen molar-refractivity contribution in [1.29, 1.82) is 0 Å². The van der Waals surface area contributed by atoms with Crippen molar-refractivity contribution in [2.45, 2.75) is 25.7 Å². The summed E-state index contributed by atoms with van der Waals surface area (Å²) < 4.78 is 23.9. The Morgan fingerprint density at radius 2 is 1.64 bits per heavy atom. The third kappa shape index (κ3) is 6.72. The van der Waals surface area contributed by atoms with Crippen LogP contribution in [0, 0.1) is 5.82 Å². The summed E-state index contributed by atoms with van der Waals surface area (Å²) in [6.07, 6.45) is 3.69. The summed E-state index contributed by atoms with van der Waals surface area (Å²) in [6, 6.07) is 13.8. The molecule has 39 heavy (non-hydrogen) atoms. The molecule has 9 nitrogen and oxygen atoms in total. The van der Waals surface area contributed by atoms with Gasteiger partial charge in [-0.1, -0.05) is 23.5 Å². The molecule has 0 radical (unpaired) electrons. The van der Waals surface area contributed by atoms with Gasteiger partial charge >= 0.3 is 0 Å². The number of aryl methyl sites for hydroxylation is 2. The van der Waals surface area contributed by atoms with Crippen molar-refractivity contribution in [2.75, 3.05) is 50.5 Å². The molecule has 0 spiro atoms. The highest BCUT2D eigenvalue weighted by Crippen LogP contribution is 2.30. The van der Waals surface area contributed by atoms with Crippen LogP contribution >= 0.6 is 11.3 Å². The number of thiazole rings is 1. The molecule has 0 saturated carbocycles. The van der Waals surface area contributed by atoms with Crippen molar-refractivity contribution < 1.29 is 18.7 Å². The number of unbranched alkanes of at least 4 members (excludes halogenated alkanes) is 1. The third-order valence-electron chi connectivity index (χ3n) is 6.67. The van der Waals surface area contributed by atoms with E-state index in [9.17, 15) is 9.18 Å². The highest BCUT2D eigenvalue weighted by atomic mass is 32.1. The number of carbonyl (C=O) groups is 1. The number of anilines is 2. The summed E-state index contributed by atoms with van der Waals surface area (Å²) in [5, 5.41) is 0.995. The van der Waals surface area contributed by atoms with Gasteiger partial charge in [-0.3, -0.25) is 4.79 Å². The normalized spacial score (nSPS) is 13.6. The fourth-order valence-corrected chi connectivity index (χ4v) is 5.51. The number of halogens is 1. The Bertz CT molecular complexity index is 1410. The second-order valence-corrected chi connectivity index (χ2v) is 10.4. The Morgan fingerprint density at radius 1 is 0.949 bits per heavy atom. The average molecular weight is 551 g/mol. The minimum absolute atomic E-state index is 0.0202. The van der Waals surface area contributed by atoms with Crippen LogP contribution in [0.2, 0.25) is 0 Å². The molecule has 4 aromatic rings. The van der Waals surface area contributed by atoms with Crippen molar-refractivity contribution in [3.63, 3.8) is 0 Å². The number of benzene rings is 2. The van der Waals surface area contributed by atoms with E-state index in [1.807, 2.05) is 12.1 Å². The van der Waals surface area contributed by atoms with Crippen LogP contribution in [0.4, 0.5) is 16.2 Å². The van der Waals surface area contributed by atoms with E-state index < -0.39 is 0 Å². The standard InChI is InChI=1S/C28H31FN6O3S/c1-37-21-10-12-22(13-11-21)38-18-24(36)34-14-16-35(17-15-34)26-25-27(33-28(30)32-26)39-23(31-25)5-3-2-4-19-6-8-20(29)9-7-19/h6-13H,2-5,14-18H2,1H3,(H2,30,32,33). The van der Waals surface area contributed by atoms with E-state index in [-0.39, 0.29) is 24.3 Å². The summed E-state index contributed by atoms with van der Waals surface area (Å²) in [6.45, 7) is 2.32. The first-order chi connectivity index (χ1) is 19.0. The number of hydrogen-bond donors (Lipinski definition) is 1. The Balaban J connectivity index is 1.15. The lowest BCUT2D eigenvalue weighted by atomic mass is 10.1. The molecule has 1 amide bonds. The van der Waals surface area contributed by atoms with Gasteiger partial charge < -0.3 is 25.0 Å². The SMILES string of the molecule is COc1ccc(OCC(=O)N2CCN(c3nc(N)nc4sc(CCCCc5ccc(F)cc5)nc34)CC2)cc1. The number of nitrogens with two attached hydrogens (primary N) is 1. The maximum Gasteiger partial charge on any atom is 0.260 e. The van der Waals surface area contributed by atoms with E-state index in [0.717, 1.165) is 52.4 Å². The lowest BCUT2D eigenvalue weighted by Gasteiger charge is -2.35. The van der Waals surface area contributed by atoms with Crippen LogP contribution < -0.4 is 20.1 Å². The van der Waals surface area contributed by atoms with E-state index in [4.69, 9.17) is 20.2 Å². The molecule has 2 N–H and O–H groups in total. The number of nitrogen functional groups attached to an aromatic ring is 1. The monoisotopic (exact) mass is 550 g/mol. The molecule has 3 heterocycles. The van der Waals surface area contributed by atoms with Crippen LogP contribution in [-0.4, -0.2) is 65.7 Å². The third-order valence-corrected chi connectivity index (χ3v) is 7.68. The van der Waals surface area contributed by atoms with E-state index in [1.165, 1.54) is 12.1 Å². The van der Waals surface area contributed by atoms with Gasteiger partial charge in [0.25, 0.3) is 5.91 Å². The van der Waals surface area contributed by atoms with Gasteiger partial charge in [-0.15, -0.1) is 0 Å². The quantitative estimate of drug-likeness (QED) is 0.294. The molecule has 0 aliphatic carbocycles. The van der Waals surface area contributed by atoms with Gasteiger partial charge in [0.05, 0.1) is 12.1 Å². The smallest absolute Gasteiger partial charge is 0.260 e. The fraction of sp³-hybridized carbons (Fsp3) is 0.357. The molecule has 2 aromatic carbocycles. The zero-order valence-electron chi connectivity index (χ0n) is 21.8. The van der Waals surface area contributed by atoms with E-state index in [1.54, 1.807) is 47.6 Å². The summed E-state index contributed by atoms with van der Waals surface area (Å²) in [4.78, 5) is 31.2. The number of nitrogens with zero attached hydrogens (tertiary/aromatic N) is 5. The molecule has 1 aliphatic heterocycles. The molecule has 0 atom stereocenters. The lowest BCUT2D eigenvalue weighted by molar-refractivity contribution is -0.133. The predicted octanol–water partition coefficient (Wildman–Crippen LogP) is 4.11. The molecule has 1 saturated heterocycles. The van der Waals surface area contributed by atoms with E-state index >= 15 is 0 Å². The van der Waals surface area contributed by atoms with Crippen molar-refractivity contribution in [2.24, 2.45) is 0 Å². The summed E-state index contributed by atoms with van der Waals surface area (Å²) in [5.74, 6) is 2.02. The van der Waals surface area contributed by atoms with Gasteiger partial charge in [-0.05, 0) is 67.6 Å². The Labute approximate surface area is 230 Å². The second kappa shape index (κ2) is 12.2. The maximum atomic E-state index is 13.1. The lowest BCUT2D eigenvalue weighted by Crippen LogP contribution is -2.50. The molecule has 2 aromatic heterocycles. The molecule has 5 rings (SSSR count). The van der Waals surface area contributed by atoms with Gasteiger partial charge in [0.15, 0.2) is 17.3 Å².